The van der Waals surface area contributed by atoms with Crippen molar-refractivity contribution >= 4 is 107 Å². The van der Waals surface area contributed by atoms with Crippen LogP contribution in [0.5, 0.6) is 0 Å². The van der Waals surface area contributed by atoms with Gasteiger partial charge in [0.05, 0.1) is 0 Å². The van der Waals surface area contributed by atoms with Crippen molar-refractivity contribution in [2.24, 2.45) is 0 Å². The molecule has 6 heterocycles. The SMILES string of the molecule is C.Cc1cc(C)c2c(c1)Cc1c[c-]ccc1N2C(C)OC=O.Cc1cc(C)c2c(c1)N(C(C)OC=O)c1cc[c-]cc1C2.Cc1cc2c(cc1C)N(C(C)OC=O)c1cc[c-]cc1C2.Cc1ccc(C)c2c1Cc1c[c-]ccc1N2C(C)OC=O.Cc1ccc2c(c1C)Cc1c[c-]ccc1N2C(C)OC=O.Cc1ccc2c(c1C)N(C(C)OC=O)c1cc[c-]cc1C2.[Y].[Y].[Y].[Y].[Y].[Y]. The smallest absolute Gasteiger partial charge is 0.295 e. The molecule has 6 unspecified atom stereocenters. The van der Waals surface area contributed by atoms with E-state index < -0.39 is 0 Å². The average Bonchev–Trinajstić information content (AvgIpc) is 0.626. The minimum absolute atomic E-state index is 0. The summed E-state index contributed by atoms with van der Waals surface area (Å²) in [6.45, 7) is 39.8. The summed E-state index contributed by atoms with van der Waals surface area (Å²) in [7, 11) is 0. The zero-order chi connectivity index (χ0) is 89.9. The van der Waals surface area contributed by atoms with Gasteiger partial charge in [0.15, 0.2) is 37.4 Å². The number of benzene rings is 12. The average molecular weight is 2230 g/mol. The molecule has 674 valence electrons. The molecule has 133 heavy (non-hydrogen) atoms. The summed E-state index contributed by atoms with van der Waals surface area (Å²) in [5, 5.41) is 0. The van der Waals surface area contributed by atoms with Gasteiger partial charge in [0, 0.05) is 230 Å². The number of anilines is 12. The fraction of sp³-hybridized carbons (Fsp3) is 0.284. The van der Waals surface area contributed by atoms with Gasteiger partial charge in [0.1, 0.15) is 0 Å². The predicted octanol–water partition coefficient (Wildman–Crippen LogP) is 22.6. The number of hydrogen-bond acceptors (Lipinski definition) is 18. The summed E-state index contributed by atoms with van der Waals surface area (Å²) >= 11 is 0. The molecule has 12 aromatic rings. The van der Waals surface area contributed by atoms with Gasteiger partial charge in [-0.25, -0.2) is 0 Å². The van der Waals surface area contributed by atoms with E-state index in [4.69, 9.17) is 28.4 Å². The second kappa shape index (κ2) is 52.6. The van der Waals surface area contributed by atoms with E-state index in [1.807, 2.05) is 151 Å². The molecule has 0 saturated carbocycles. The fourth-order valence-electron chi connectivity index (χ4n) is 18.3. The predicted molar refractivity (Wildman–Crippen MR) is 503 cm³/mol. The maximum atomic E-state index is 10.8. The minimum atomic E-state index is -0.344. The first-order chi connectivity index (χ1) is 60.7. The van der Waals surface area contributed by atoms with Gasteiger partial charge >= 0.3 is 0 Å². The fourth-order valence-corrected chi connectivity index (χ4v) is 18.3. The number of ether oxygens (including phenoxy) is 6. The Labute approximate surface area is 937 Å². The Bertz CT molecular complexity index is 5990. The summed E-state index contributed by atoms with van der Waals surface area (Å²) in [6, 6.07) is 80.4. The van der Waals surface area contributed by atoms with Crippen molar-refractivity contribution in [3.05, 3.63) is 352 Å². The molecule has 0 aliphatic carbocycles. The molecule has 0 N–H and O–H groups in total. The van der Waals surface area contributed by atoms with Gasteiger partial charge in [-0.1, -0.05) is 102 Å². The molecule has 0 saturated heterocycles. The summed E-state index contributed by atoms with van der Waals surface area (Å²) < 4.78 is 31.3. The number of nitrogens with zero attached hydrogens (tertiary/aromatic N) is 6. The molecule has 6 radical (unpaired) electrons. The molecule has 0 fully saturated rings. The van der Waals surface area contributed by atoms with Crippen LogP contribution in [-0.2, 0) is 292 Å². The van der Waals surface area contributed by atoms with Crippen LogP contribution < -0.4 is 29.4 Å². The van der Waals surface area contributed by atoms with Crippen LogP contribution in [0.15, 0.2) is 182 Å². The third-order valence-corrected chi connectivity index (χ3v) is 24.7. The van der Waals surface area contributed by atoms with Crippen LogP contribution in [0.4, 0.5) is 68.2 Å². The van der Waals surface area contributed by atoms with Crippen LogP contribution in [0.2, 0.25) is 0 Å². The summed E-state index contributed by atoms with van der Waals surface area (Å²) in [6.07, 6.45) is 3.25. The number of carbonyl (C=O) groups is 6. The Hall–Kier alpha value is -7.12. The molecular weight excluding hydrogens is 2120 g/mol. The van der Waals surface area contributed by atoms with Gasteiger partial charge in [-0.15, -0.1) is 69.8 Å². The Kier molecular flexibility index (Phi) is 45.3. The molecule has 18 rings (SSSR count). The maximum Gasteiger partial charge on any atom is 0.295 e. The first kappa shape index (κ1) is 115. The van der Waals surface area contributed by atoms with E-state index >= 15 is 0 Å². The van der Waals surface area contributed by atoms with Crippen LogP contribution in [-0.4, -0.2) is 76.2 Å². The molecule has 0 bridgehead atoms. The first-order valence-corrected chi connectivity index (χ1v) is 42.6. The summed E-state index contributed by atoms with van der Waals surface area (Å²) in [5.41, 5.74) is 43.1. The quantitative estimate of drug-likeness (QED) is 0.0450. The van der Waals surface area contributed by atoms with Crippen LogP contribution >= 0.6 is 0 Å². The number of fused-ring (bicyclic) bond motifs is 12. The Balaban J connectivity index is 0.000000243. The normalized spacial score (nSPS) is 13.4. The Morgan fingerprint density at radius 1 is 0.241 bits per heavy atom. The third kappa shape index (κ3) is 25.5. The molecular formula is C109H112N6O12Y6-6. The van der Waals surface area contributed by atoms with Crippen molar-refractivity contribution in [2.75, 3.05) is 29.4 Å². The first-order valence-electron chi connectivity index (χ1n) is 42.6. The summed E-state index contributed by atoms with van der Waals surface area (Å²) in [5.74, 6) is 0. The van der Waals surface area contributed by atoms with E-state index in [0.29, 0.717) is 38.8 Å². The monoisotopic (exact) mass is 2230 g/mol. The van der Waals surface area contributed by atoms with Crippen molar-refractivity contribution in [3.8, 4) is 0 Å². The third-order valence-electron chi connectivity index (χ3n) is 24.7. The second-order valence-corrected chi connectivity index (χ2v) is 32.9. The maximum absolute atomic E-state index is 10.8. The summed E-state index contributed by atoms with van der Waals surface area (Å²) in [4.78, 5) is 77.2. The van der Waals surface area contributed by atoms with Crippen molar-refractivity contribution in [1.29, 1.82) is 0 Å². The number of carbonyl (C=O) groups excluding carboxylic acids is 6. The van der Waals surface area contributed by atoms with Gasteiger partial charge in [-0.3, -0.25) is 28.8 Å². The van der Waals surface area contributed by atoms with E-state index in [0.717, 1.165) is 107 Å². The molecule has 0 aromatic heterocycles. The van der Waals surface area contributed by atoms with Crippen molar-refractivity contribution in [2.45, 2.75) is 208 Å². The zero-order valence-corrected chi connectivity index (χ0v) is 95.6. The van der Waals surface area contributed by atoms with Gasteiger partial charge < -0.3 is 57.8 Å². The zero-order valence-electron chi connectivity index (χ0n) is 78.5. The van der Waals surface area contributed by atoms with Gasteiger partial charge in [-0.05, 0) is 276 Å². The standard InChI is InChI=1S/6C18H18NO2.CH4.6Y/c1-12-8-16-10-15-6-4-5-7-17(15)19(14(3)21-11-20)18(16)9-13(12)2;1-12-8-13(2)16-10-15-6-4-5-7-17(15)19(18(16)9-12)14(3)21-11-20;1-12-8-13(2)18-16(9-12)10-15-6-4-5-7-17(15)19(18)14(3)21-11-20;1-12-8-9-18-16(13(12)2)10-15-6-4-5-7-17(15)19(18)14(3)21-11-20;1-12-8-9-16-10-15-6-4-5-7-17(15)19(14(3)21-11-20)18(16)13(12)2;1-12-8-9-13(2)18-16(12)10-15-6-4-5-7-17(15)19(18)14(3)21-11-20;;;;;;;/h6*5-9,11,14H,10H2,1-3H3;1H4;;;;;;/q6*-1;;;;;;;. The van der Waals surface area contributed by atoms with Crippen LogP contribution in [0.1, 0.15) is 182 Å². The van der Waals surface area contributed by atoms with E-state index in [1.165, 1.54) is 134 Å². The van der Waals surface area contributed by atoms with E-state index in [1.54, 1.807) is 0 Å². The van der Waals surface area contributed by atoms with Crippen molar-refractivity contribution in [3.63, 3.8) is 0 Å². The molecule has 12 aromatic carbocycles. The number of rotatable bonds is 18. The molecule has 6 aliphatic heterocycles. The van der Waals surface area contributed by atoms with Crippen molar-refractivity contribution in [1.82, 2.24) is 0 Å². The molecule has 6 atom stereocenters. The second-order valence-electron chi connectivity index (χ2n) is 32.9. The topological polar surface area (TPSA) is 177 Å². The molecule has 18 nitrogen and oxygen atoms in total. The van der Waals surface area contributed by atoms with Gasteiger partial charge in [0.25, 0.3) is 38.8 Å². The largest absolute Gasteiger partial charge is 0.444 e. The van der Waals surface area contributed by atoms with E-state index in [9.17, 15) is 28.8 Å². The van der Waals surface area contributed by atoms with Crippen LogP contribution in [0, 0.1) is 119 Å². The number of hydrogen-bond donors (Lipinski definition) is 0. The number of aryl methyl sites for hydroxylation is 10. The molecule has 0 amide bonds. The van der Waals surface area contributed by atoms with Gasteiger partial charge in [0.2, 0.25) is 0 Å². The minimum Gasteiger partial charge on any atom is -0.444 e. The molecule has 24 heteroatoms. The molecule has 6 aliphatic rings. The van der Waals surface area contributed by atoms with E-state index in [2.05, 4.69) is 222 Å². The Morgan fingerprint density at radius 3 is 1.00 bits per heavy atom. The van der Waals surface area contributed by atoms with Gasteiger partial charge in [-0.2, -0.15) is 109 Å². The van der Waals surface area contributed by atoms with Crippen LogP contribution in [0.3, 0.4) is 0 Å². The van der Waals surface area contributed by atoms with Crippen molar-refractivity contribution < 1.29 is 253 Å². The molecule has 0 spiro atoms. The van der Waals surface area contributed by atoms with Crippen LogP contribution in [0.25, 0.3) is 0 Å². The Morgan fingerprint density at radius 2 is 0.556 bits per heavy atom. The van der Waals surface area contributed by atoms with E-state index in [-0.39, 0.29) is 241 Å².